The van der Waals surface area contributed by atoms with Crippen LogP contribution in [0.3, 0.4) is 0 Å². The Bertz CT molecular complexity index is 966. The van der Waals surface area contributed by atoms with Crippen LogP contribution in [0.4, 0.5) is 0 Å². The van der Waals surface area contributed by atoms with Crippen LogP contribution >= 0.6 is 0 Å². The number of aromatic hydroxyl groups is 1. The van der Waals surface area contributed by atoms with Crippen molar-refractivity contribution in [1.29, 1.82) is 0 Å². The fraction of sp³-hybridized carbons (Fsp3) is 0.190. The minimum atomic E-state index is 0.0591. The molecule has 0 spiro atoms. The summed E-state index contributed by atoms with van der Waals surface area (Å²) in [5, 5.41) is 11.3. The summed E-state index contributed by atoms with van der Waals surface area (Å²) in [6.45, 7) is 0. The minimum absolute atomic E-state index is 0.0591. The molecule has 0 saturated carbocycles. The van der Waals surface area contributed by atoms with Crippen LogP contribution in [0.5, 0.6) is 11.5 Å². The molecule has 4 heteroatoms. The highest BCUT2D eigenvalue weighted by atomic mass is 16.5. The lowest BCUT2D eigenvalue weighted by molar-refractivity contribution is -0.115. The van der Waals surface area contributed by atoms with E-state index in [1.54, 1.807) is 31.6 Å². The first-order valence-electron chi connectivity index (χ1n) is 8.23. The van der Waals surface area contributed by atoms with Crippen molar-refractivity contribution in [1.82, 2.24) is 0 Å². The minimum Gasteiger partial charge on any atom is -0.507 e. The third kappa shape index (κ3) is 2.70. The van der Waals surface area contributed by atoms with Crippen molar-refractivity contribution in [2.75, 3.05) is 7.11 Å². The van der Waals surface area contributed by atoms with Gasteiger partial charge >= 0.3 is 0 Å². The summed E-state index contributed by atoms with van der Waals surface area (Å²) in [6.07, 6.45) is 4.33. The van der Waals surface area contributed by atoms with Gasteiger partial charge in [-0.15, -0.1) is 0 Å². The summed E-state index contributed by atoms with van der Waals surface area (Å²) in [4.78, 5) is 12.3. The molecule has 1 aliphatic rings. The lowest BCUT2D eigenvalue weighted by Crippen LogP contribution is -2.13. The maximum atomic E-state index is 12.3. The smallest absolute Gasteiger partial charge is 0.156 e. The topological polar surface area (TPSA) is 59.7 Å². The number of benzene rings is 2. The number of phenols is 1. The Kier molecular flexibility index (Phi) is 3.80. The van der Waals surface area contributed by atoms with E-state index < -0.39 is 0 Å². The molecule has 1 aromatic heterocycles. The molecular weight excluding hydrogens is 316 g/mol. The molecule has 1 atom stereocenters. The van der Waals surface area contributed by atoms with E-state index in [9.17, 15) is 9.90 Å². The first-order valence-corrected chi connectivity index (χ1v) is 8.23. The monoisotopic (exact) mass is 334 g/mol. The molecule has 0 amide bonds. The molecule has 0 bridgehead atoms. The van der Waals surface area contributed by atoms with E-state index in [2.05, 4.69) is 0 Å². The van der Waals surface area contributed by atoms with Gasteiger partial charge in [-0.25, -0.2) is 0 Å². The molecule has 1 N–H and O–H groups in total. The second kappa shape index (κ2) is 6.13. The van der Waals surface area contributed by atoms with Gasteiger partial charge in [0.1, 0.15) is 17.1 Å². The number of hydrogen-bond donors (Lipinski definition) is 1. The van der Waals surface area contributed by atoms with E-state index in [0.717, 1.165) is 16.5 Å². The number of rotatable bonds is 3. The number of methoxy groups -OCH3 is 1. The molecule has 0 radical (unpaired) electrons. The van der Waals surface area contributed by atoms with Crippen LogP contribution in [-0.2, 0) is 4.79 Å². The summed E-state index contributed by atoms with van der Waals surface area (Å²) in [7, 11) is 1.56. The van der Waals surface area contributed by atoms with Crippen LogP contribution in [0.15, 0.2) is 59.2 Å². The zero-order chi connectivity index (χ0) is 17.4. The molecule has 0 fully saturated rings. The van der Waals surface area contributed by atoms with Crippen molar-refractivity contribution >= 4 is 22.3 Å². The molecule has 3 aromatic rings. The van der Waals surface area contributed by atoms with E-state index in [0.29, 0.717) is 29.7 Å². The lowest BCUT2D eigenvalue weighted by atomic mass is 9.80. The van der Waals surface area contributed by atoms with Crippen LogP contribution in [0.1, 0.15) is 29.9 Å². The Balaban J connectivity index is 1.82. The molecule has 2 aromatic carbocycles. The Labute approximate surface area is 145 Å². The molecule has 4 rings (SSSR count). The highest BCUT2D eigenvalue weighted by molar-refractivity contribution is 6.03. The van der Waals surface area contributed by atoms with Gasteiger partial charge in [0.05, 0.1) is 24.3 Å². The van der Waals surface area contributed by atoms with Gasteiger partial charge in [0.2, 0.25) is 0 Å². The largest absolute Gasteiger partial charge is 0.507 e. The summed E-state index contributed by atoms with van der Waals surface area (Å²) >= 11 is 0. The fourth-order valence-corrected chi connectivity index (χ4v) is 3.62. The van der Waals surface area contributed by atoms with Gasteiger partial charge in [0.15, 0.2) is 5.78 Å². The first kappa shape index (κ1) is 15.5. The number of carbonyl (C=O) groups excluding carboxylic acids is 1. The van der Waals surface area contributed by atoms with E-state index in [1.807, 2.05) is 30.3 Å². The van der Waals surface area contributed by atoms with Crippen LogP contribution in [-0.4, -0.2) is 18.0 Å². The van der Waals surface area contributed by atoms with Crippen LogP contribution in [0.2, 0.25) is 0 Å². The number of phenolic OH excluding ortho intramolecular Hbond substituents is 1. The molecular formula is C21H18O4. The van der Waals surface area contributed by atoms with Gasteiger partial charge in [0, 0.05) is 12.5 Å². The van der Waals surface area contributed by atoms with Gasteiger partial charge in [0.25, 0.3) is 0 Å². The lowest BCUT2D eigenvalue weighted by Gasteiger charge is -2.24. The fourth-order valence-electron chi connectivity index (χ4n) is 3.62. The average Bonchev–Trinajstić information content (AvgIpc) is 3.08. The predicted octanol–water partition coefficient (Wildman–Crippen LogP) is 4.68. The number of furan rings is 1. The maximum Gasteiger partial charge on any atom is 0.156 e. The standard InChI is InChI=1S/C21H18O4/c1-24-21-17-7-8-25-19(17)12-18(23)20(21)15-9-14(10-16(22)11-15)13-5-3-2-4-6-13/h2-8,11-12,14,23H,9-10H2,1H3. The zero-order valence-corrected chi connectivity index (χ0v) is 13.9. The van der Waals surface area contributed by atoms with Crippen molar-refractivity contribution in [3.05, 3.63) is 65.9 Å². The third-order valence-electron chi connectivity index (χ3n) is 4.74. The van der Waals surface area contributed by atoms with Gasteiger partial charge in [-0.2, -0.15) is 0 Å². The second-order valence-corrected chi connectivity index (χ2v) is 6.29. The van der Waals surface area contributed by atoms with Crippen molar-refractivity contribution in [2.24, 2.45) is 0 Å². The number of ketones is 1. The average molecular weight is 334 g/mol. The van der Waals surface area contributed by atoms with Crippen molar-refractivity contribution < 1.29 is 19.1 Å². The zero-order valence-electron chi connectivity index (χ0n) is 13.9. The van der Waals surface area contributed by atoms with Crippen molar-refractivity contribution in [2.45, 2.75) is 18.8 Å². The number of carbonyl (C=O) groups is 1. The van der Waals surface area contributed by atoms with Gasteiger partial charge < -0.3 is 14.3 Å². The Morgan fingerprint density at radius 3 is 2.72 bits per heavy atom. The highest BCUT2D eigenvalue weighted by Gasteiger charge is 2.27. The third-order valence-corrected chi connectivity index (χ3v) is 4.74. The van der Waals surface area contributed by atoms with E-state index in [1.165, 1.54) is 0 Å². The highest BCUT2D eigenvalue weighted by Crippen LogP contribution is 2.46. The molecule has 4 nitrogen and oxygen atoms in total. The summed E-state index contributed by atoms with van der Waals surface area (Å²) < 4.78 is 10.9. The molecule has 1 unspecified atom stereocenters. The second-order valence-electron chi connectivity index (χ2n) is 6.29. The molecule has 1 aliphatic carbocycles. The maximum absolute atomic E-state index is 12.3. The van der Waals surface area contributed by atoms with Gasteiger partial charge in [-0.1, -0.05) is 30.3 Å². The number of allylic oxidation sites excluding steroid dienone is 2. The molecule has 0 saturated heterocycles. The Morgan fingerprint density at radius 2 is 1.96 bits per heavy atom. The summed E-state index contributed by atoms with van der Waals surface area (Å²) in [5.74, 6) is 0.755. The normalized spacial score (nSPS) is 17.6. The van der Waals surface area contributed by atoms with Crippen LogP contribution < -0.4 is 4.74 Å². The van der Waals surface area contributed by atoms with Crippen LogP contribution in [0.25, 0.3) is 16.5 Å². The molecule has 0 aliphatic heterocycles. The Hall–Kier alpha value is -3.01. The van der Waals surface area contributed by atoms with Crippen LogP contribution in [0, 0.1) is 0 Å². The van der Waals surface area contributed by atoms with E-state index >= 15 is 0 Å². The van der Waals surface area contributed by atoms with Gasteiger partial charge in [-0.3, -0.25) is 4.79 Å². The summed E-state index contributed by atoms with van der Waals surface area (Å²) in [6, 6.07) is 13.4. The van der Waals surface area contributed by atoms with E-state index in [-0.39, 0.29) is 17.5 Å². The number of ether oxygens (including phenoxy) is 1. The Morgan fingerprint density at radius 1 is 1.16 bits per heavy atom. The summed E-state index contributed by atoms with van der Waals surface area (Å²) in [5.41, 5.74) is 3.05. The van der Waals surface area contributed by atoms with Gasteiger partial charge in [-0.05, 0) is 35.6 Å². The quantitative estimate of drug-likeness (QED) is 0.756. The molecule has 1 heterocycles. The SMILES string of the molecule is COc1c(C2=CC(=O)CC(c3ccccc3)C2)c(O)cc2occc12. The molecule has 25 heavy (non-hydrogen) atoms. The first-order chi connectivity index (χ1) is 12.2. The number of hydrogen-bond acceptors (Lipinski definition) is 4. The predicted molar refractivity (Wildman–Crippen MR) is 95.8 cm³/mol. The number of fused-ring (bicyclic) bond motifs is 1. The van der Waals surface area contributed by atoms with E-state index in [4.69, 9.17) is 9.15 Å². The molecule has 126 valence electrons. The van der Waals surface area contributed by atoms with Crippen molar-refractivity contribution in [3.63, 3.8) is 0 Å². The van der Waals surface area contributed by atoms with Crippen molar-refractivity contribution in [3.8, 4) is 11.5 Å².